The van der Waals surface area contributed by atoms with Crippen molar-refractivity contribution in [1.29, 1.82) is 0 Å². The minimum absolute atomic E-state index is 0.113. The Morgan fingerprint density at radius 3 is 2.74 bits per heavy atom. The molecule has 8 heteroatoms. The van der Waals surface area contributed by atoms with Gasteiger partial charge in [-0.15, -0.1) is 5.10 Å². The molecule has 0 radical (unpaired) electrons. The predicted octanol–water partition coefficient (Wildman–Crippen LogP) is 1.12. The fourth-order valence-electron chi connectivity index (χ4n) is 4.65. The van der Waals surface area contributed by atoms with Crippen molar-refractivity contribution in [2.75, 3.05) is 26.2 Å². The van der Waals surface area contributed by atoms with Crippen LogP contribution in [0.5, 0.6) is 0 Å². The summed E-state index contributed by atoms with van der Waals surface area (Å²) in [4.78, 5) is 21.2. The normalized spacial score (nSPS) is 26.4. The van der Waals surface area contributed by atoms with Crippen molar-refractivity contribution in [2.24, 2.45) is 0 Å². The summed E-state index contributed by atoms with van der Waals surface area (Å²) in [5, 5.41) is 8.35. The van der Waals surface area contributed by atoms with E-state index in [1.807, 2.05) is 4.90 Å². The number of hydrogen-bond acceptors (Lipinski definition) is 6. The minimum atomic E-state index is 0.113. The van der Waals surface area contributed by atoms with Crippen LogP contribution in [0, 0.1) is 0 Å². The quantitative estimate of drug-likeness (QED) is 0.791. The third-order valence-electron chi connectivity index (χ3n) is 6.16. The van der Waals surface area contributed by atoms with Gasteiger partial charge in [-0.3, -0.25) is 14.7 Å². The van der Waals surface area contributed by atoms with Crippen molar-refractivity contribution in [3.8, 4) is 0 Å². The monoisotopic (exact) mass is 368 g/mol. The summed E-state index contributed by atoms with van der Waals surface area (Å²) in [5.74, 6) is 0.113. The van der Waals surface area contributed by atoms with Crippen molar-refractivity contribution in [3.05, 3.63) is 42.0 Å². The van der Waals surface area contributed by atoms with E-state index in [-0.39, 0.29) is 18.1 Å². The number of hydrogen-bond donors (Lipinski definition) is 0. The van der Waals surface area contributed by atoms with Gasteiger partial charge in [0.05, 0.1) is 30.6 Å². The number of likely N-dealkylation sites (tertiary alicyclic amines) is 2. The van der Waals surface area contributed by atoms with Crippen molar-refractivity contribution < 1.29 is 9.53 Å². The number of amides is 1. The van der Waals surface area contributed by atoms with E-state index >= 15 is 0 Å². The van der Waals surface area contributed by atoms with Crippen LogP contribution in [0.4, 0.5) is 0 Å². The van der Waals surface area contributed by atoms with Crippen LogP contribution in [0.15, 0.2) is 30.7 Å². The smallest absolute Gasteiger partial charge is 0.253 e. The van der Waals surface area contributed by atoms with Crippen molar-refractivity contribution in [3.63, 3.8) is 0 Å². The van der Waals surface area contributed by atoms with Crippen LogP contribution in [0.1, 0.15) is 41.4 Å². The van der Waals surface area contributed by atoms with Gasteiger partial charge < -0.3 is 9.64 Å². The Hall–Kier alpha value is -2.32. The number of pyridine rings is 1. The van der Waals surface area contributed by atoms with E-state index in [1.54, 1.807) is 30.7 Å². The molecule has 0 aromatic carbocycles. The number of aromatic nitrogens is 4. The van der Waals surface area contributed by atoms with Gasteiger partial charge in [-0.1, -0.05) is 5.21 Å². The maximum Gasteiger partial charge on any atom is 0.253 e. The lowest BCUT2D eigenvalue weighted by molar-refractivity contribution is -0.0757. The predicted molar refractivity (Wildman–Crippen MR) is 97.0 cm³/mol. The molecular formula is C19H24N6O2. The molecule has 2 aromatic heterocycles. The van der Waals surface area contributed by atoms with E-state index in [9.17, 15) is 4.79 Å². The van der Waals surface area contributed by atoms with E-state index in [1.165, 1.54) is 0 Å². The second-order valence-corrected chi connectivity index (χ2v) is 7.63. The van der Waals surface area contributed by atoms with Crippen LogP contribution in [0.2, 0.25) is 0 Å². The van der Waals surface area contributed by atoms with E-state index in [0.29, 0.717) is 12.6 Å². The maximum atomic E-state index is 12.6. The molecule has 0 bridgehead atoms. The van der Waals surface area contributed by atoms with Gasteiger partial charge in [-0.05, 0) is 31.4 Å². The standard InChI is InChI=1S/C19H24N6O2/c26-19(14-1-6-20-7-2-14)23-8-3-15(4-9-23)24-10-5-18-17(12-24)25-16(13-27-18)11-21-22-25/h1-2,6-7,11,15,17-18H,3-5,8-10,12-13H2/t17-,18+/m0/s1. The first-order chi connectivity index (χ1) is 13.3. The molecule has 3 aliphatic heterocycles. The van der Waals surface area contributed by atoms with E-state index < -0.39 is 0 Å². The van der Waals surface area contributed by atoms with Crippen molar-refractivity contribution in [1.82, 2.24) is 29.8 Å². The van der Waals surface area contributed by atoms with Crippen LogP contribution in [-0.2, 0) is 11.3 Å². The zero-order chi connectivity index (χ0) is 18.2. The second kappa shape index (κ2) is 7.01. The number of rotatable bonds is 2. The number of carbonyl (C=O) groups excluding carboxylic acids is 1. The summed E-state index contributed by atoms with van der Waals surface area (Å²) in [6, 6.07) is 4.35. The summed E-state index contributed by atoms with van der Waals surface area (Å²) in [6.07, 6.45) is 8.45. The largest absolute Gasteiger partial charge is 0.370 e. The van der Waals surface area contributed by atoms with Crippen LogP contribution in [0.3, 0.4) is 0 Å². The van der Waals surface area contributed by atoms with Crippen molar-refractivity contribution >= 4 is 5.91 Å². The average Bonchev–Trinajstić information content (AvgIpc) is 3.23. The third kappa shape index (κ3) is 3.12. The minimum Gasteiger partial charge on any atom is -0.370 e. The molecule has 27 heavy (non-hydrogen) atoms. The summed E-state index contributed by atoms with van der Waals surface area (Å²) in [5.41, 5.74) is 1.79. The molecule has 2 saturated heterocycles. The highest BCUT2D eigenvalue weighted by atomic mass is 16.5. The molecule has 0 spiro atoms. The Morgan fingerprint density at radius 2 is 1.93 bits per heavy atom. The molecule has 8 nitrogen and oxygen atoms in total. The van der Waals surface area contributed by atoms with E-state index in [2.05, 4.69) is 24.9 Å². The molecular weight excluding hydrogens is 344 g/mol. The summed E-state index contributed by atoms with van der Waals surface area (Å²) in [6.45, 7) is 4.23. The highest BCUT2D eigenvalue weighted by molar-refractivity contribution is 5.94. The Bertz CT molecular complexity index is 802. The maximum absolute atomic E-state index is 12.6. The lowest BCUT2D eigenvalue weighted by Crippen LogP contribution is -2.54. The first-order valence-electron chi connectivity index (χ1n) is 9.73. The van der Waals surface area contributed by atoms with Crippen LogP contribution in [-0.4, -0.2) is 74.0 Å². The highest BCUT2D eigenvalue weighted by Gasteiger charge is 2.39. The van der Waals surface area contributed by atoms with Gasteiger partial charge in [0.25, 0.3) is 5.91 Å². The Morgan fingerprint density at radius 1 is 1.11 bits per heavy atom. The SMILES string of the molecule is O=C(c1ccncc1)N1CCC(N2CC[C@H]3OCc4cnnn4[C@H]3C2)CC1. The molecule has 2 fully saturated rings. The Balaban J connectivity index is 1.21. The van der Waals surface area contributed by atoms with Gasteiger partial charge in [0.2, 0.25) is 0 Å². The molecule has 5 rings (SSSR count). The number of fused-ring (bicyclic) bond motifs is 3. The van der Waals surface area contributed by atoms with Crippen LogP contribution >= 0.6 is 0 Å². The first-order valence-corrected chi connectivity index (χ1v) is 9.73. The lowest BCUT2D eigenvalue weighted by Gasteiger charge is -2.46. The highest BCUT2D eigenvalue weighted by Crippen LogP contribution is 2.32. The Kier molecular flexibility index (Phi) is 4.37. The molecule has 3 aliphatic rings. The van der Waals surface area contributed by atoms with Gasteiger partial charge in [-0.25, -0.2) is 4.68 Å². The summed E-state index contributed by atoms with van der Waals surface area (Å²) >= 11 is 0. The van der Waals surface area contributed by atoms with Gasteiger partial charge >= 0.3 is 0 Å². The lowest BCUT2D eigenvalue weighted by atomic mass is 9.95. The number of ether oxygens (including phenoxy) is 1. The zero-order valence-corrected chi connectivity index (χ0v) is 15.3. The van der Waals surface area contributed by atoms with E-state index in [0.717, 1.165) is 56.7 Å². The molecule has 1 amide bonds. The molecule has 2 aromatic rings. The number of carbonyl (C=O) groups is 1. The molecule has 0 unspecified atom stereocenters. The molecule has 2 atom stereocenters. The third-order valence-corrected chi connectivity index (χ3v) is 6.16. The fraction of sp³-hybridized carbons (Fsp3) is 0.579. The topological polar surface area (TPSA) is 76.4 Å². The van der Waals surface area contributed by atoms with Crippen LogP contribution < -0.4 is 0 Å². The summed E-state index contributed by atoms with van der Waals surface area (Å²) in [7, 11) is 0. The fourth-order valence-corrected chi connectivity index (χ4v) is 4.65. The van der Waals surface area contributed by atoms with Gasteiger partial charge in [0.15, 0.2) is 0 Å². The molecule has 0 saturated carbocycles. The van der Waals surface area contributed by atoms with Crippen molar-refractivity contribution in [2.45, 2.75) is 44.1 Å². The summed E-state index contributed by atoms with van der Waals surface area (Å²) < 4.78 is 8.07. The Labute approximate surface area is 158 Å². The van der Waals surface area contributed by atoms with Gasteiger partial charge in [-0.2, -0.15) is 0 Å². The first kappa shape index (κ1) is 16.8. The molecule has 0 aliphatic carbocycles. The van der Waals surface area contributed by atoms with E-state index in [4.69, 9.17) is 4.74 Å². The molecule has 5 heterocycles. The van der Waals surface area contributed by atoms with Gasteiger partial charge in [0.1, 0.15) is 0 Å². The molecule has 0 N–H and O–H groups in total. The number of nitrogens with zero attached hydrogens (tertiary/aromatic N) is 6. The van der Waals surface area contributed by atoms with Gasteiger partial charge in [0, 0.05) is 50.2 Å². The average molecular weight is 368 g/mol. The van der Waals surface area contributed by atoms with Crippen LogP contribution in [0.25, 0.3) is 0 Å². The second-order valence-electron chi connectivity index (χ2n) is 7.63. The number of piperidine rings is 2. The molecule has 142 valence electrons. The zero-order valence-electron chi connectivity index (χ0n) is 15.3.